The third-order valence-electron chi connectivity index (χ3n) is 2.52. The lowest BCUT2D eigenvalue weighted by atomic mass is 10.2. The first kappa shape index (κ1) is 13.5. The number of nitro groups is 1. The number of rotatable bonds is 5. The van der Waals surface area contributed by atoms with E-state index in [0.717, 1.165) is 5.56 Å². The summed E-state index contributed by atoms with van der Waals surface area (Å²) >= 11 is 0. The zero-order valence-electron chi connectivity index (χ0n) is 10.5. The molecule has 1 heterocycles. The lowest BCUT2D eigenvalue weighted by molar-refractivity contribution is -0.386. The van der Waals surface area contributed by atoms with Crippen LogP contribution in [0.5, 0.6) is 5.75 Å². The minimum atomic E-state index is -1.15. The van der Waals surface area contributed by atoms with Gasteiger partial charge in [0, 0.05) is 12.3 Å². The number of hydrogen-bond donors (Lipinski definition) is 1. The van der Waals surface area contributed by atoms with E-state index in [1.54, 1.807) is 19.1 Å². The Bertz CT molecular complexity index is 665. The highest BCUT2D eigenvalue weighted by atomic mass is 16.6. The number of aryl methyl sites for hydroxylation is 1. The predicted molar refractivity (Wildman–Crippen MR) is 67.6 cm³/mol. The maximum absolute atomic E-state index is 10.9. The fourth-order valence-corrected chi connectivity index (χ4v) is 1.57. The van der Waals surface area contributed by atoms with Gasteiger partial charge in [-0.05, 0) is 24.6 Å². The van der Waals surface area contributed by atoms with Crippen molar-refractivity contribution >= 4 is 11.7 Å². The average Bonchev–Trinajstić information content (AvgIpc) is 2.85. The smallest absolute Gasteiger partial charge is 0.356 e. The molecule has 104 valence electrons. The Labute approximate surface area is 113 Å². The summed E-state index contributed by atoms with van der Waals surface area (Å²) in [6.45, 7) is 1.67. The number of benzene rings is 1. The van der Waals surface area contributed by atoms with Crippen LogP contribution in [0, 0.1) is 17.0 Å². The van der Waals surface area contributed by atoms with Crippen LogP contribution in [0.15, 0.2) is 30.5 Å². The molecule has 1 aromatic carbocycles. The summed E-state index contributed by atoms with van der Waals surface area (Å²) in [5.74, 6) is -1.03. The van der Waals surface area contributed by atoms with Gasteiger partial charge in [0.05, 0.1) is 4.92 Å². The maximum Gasteiger partial charge on any atom is 0.356 e. The molecule has 2 aromatic rings. The number of aromatic nitrogens is 2. The summed E-state index contributed by atoms with van der Waals surface area (Å²) in [6, 6.07) is 5.83. The number of carboxylic acids is 1. The van der Waals surface area contributed by atoms with E-state index in [2.05, 4.69) is 5.10 Å². The lowest BCUT2D eigenvalue weighted by Gasteiger charge is -2.07. The molecule has 0 atom stereocenters. The van der Waals surface area contributed by atoms with Crippen molar-refractivity contribution in [2.45, 2.75) is 13.7 Å². The van der Waals surface area contributed by atoms with Crippen LogP contribution in [-0.2, 0) is 6.73 Å². The van der Waals surface area contributed by atoms with Crippen LogP contribution in [0.2, 0.25) is 0 Å². The molecule has 20 heavy (non-hydrogen) atoms. The van der Waals surface area contributed by atoms with Gasteiger partial charge in [-0.15, -0.1) is 0 Å². The number of hydrogen-bond acceptors (Lipinski definition) is 5. The van der Waals surface area contributed by atoms with E-state index in [-0.39, 0.29) is 23.9 Å². The highest BCUT2D eigenvalue weighted by Crippen LogP contribution is 2.27. The fourth-order valence-electron chi connectivity index (χ4n) is 1.57. The van der Waals surface area contributed by atoms with E-state index in [4.69, 9.17) is 9.84 Å². The number of aromatic carboxylic acids is 1. The summed E-state index contributed by atoms with van der Waals surface area (Å²) in [4.78, 5) is 21.0. The number of ether oxygens (including phenoxy) is 1. The van der Waals surface area contributed by atoms with Gasteiger partial charge in [0.2, 0.25) is 0 Å². The molecular weight excluding hydrogens is 266 g/mol. The van der Waals surface area contributed by atoms with E-state index in [1.807, 2.05) is 0 Å². The number of carbonyl (C=O) groups is 1. The van der Waals surface area contributed by atoms with Crippen LogP contribution >= 0.6 is 0 Å². The third kappa shape index (κ3) is 2.91. The molecule has 0 fully saturated rings. The maximum atomic E-state index is 10.9. The molecule has 2 rings (SSSR count). The highest BCUT2D eigenvalue weighted by Gasteiger charge is 2.15. The Kier molecular flexibility index (Phi) is 3.65. The summed E-state index contributed by atoms with van der Waals surface area (Å²) < 4.78 is 6.57. The number of carboxylic acid groups (broad SMARTS) is 1. The second kappa shape index (κ2) is 5.39. The molecule has 0 saturated heterocycles. The first-order valence-corrected chi connectivity index (χ1v) is 5.62. The van der Waals surface area contributed by atoms with Gasteiger partial charge in [0.1, 0.15) is 0 Å². The van der Waals surface area contributed by atoms with E-state index in [0.29, 0.717) is 0 Å². The third-order valence-corrected chi connectivity index (χ3v) is 2.52. The van der Waals surface area contributed by atoms with Gasteiger partial charge in [-0.3, -0.25) is 10.1 Å². The molecule has 0 aliphatic rings. The van der Waals surface area contributed by atoms with Gasteiger partial charge < -0.3 is 9.84 Å². The Morgan fingerprint density at radius 3 is 2.85 bits per heavy atom. The summed E-state index contributed by atoms with van der Waals surface area (Å²) in [6.07, 6.45) is 1.42. The molecule has 8 heteroatoms. The zero-order valence-corrected chi connectivity index (χ0v) is 10.5. The normalized spacial score (nSPS) is 10.2. The van der Waals surface area contributed by atoms with Gasteiger partial charge in [-0.2, -0.15) is 5.10 Å². The Morgan fingerprint density at radius 2 is 2.25 bits per heavy atom. The van der Waals surface area contributed by atoms with Crippen molar-refractivity contribution < 1.29 is 19.6 Å². The molecule has 8 nitrogen and oxygen atoms in total. The highest BCUT2D eigenvalue weighted by molar-refractivity contribution is 5.84. The SMILES string of the molecule is Cc1ccc([N+](=O)[O-])c(OCn2ccc(C(=O)O)n2)c1. The van der Waals surface area contributed by atoms with Crippen molar-refractivity contribution in [1.82, 2.24) is 9.78 Å². The lowest BCUT2D eigenvalue weighted by Crippen LogP contribution is -2.08. The molecule has 0 bridgehead atoms. The first-order valence-electron chi connectivity index (χ1n) is 5.62. The van der Waals surface area contributed by atoms with E-state index in [1.165, 1.54) is 23.0 Å². The molecule has 0 spiro atoms. The quantitative estimate of drug-likeness (QED) is 0.659. The minimum Gasteiger partial charge on any atom is -0.476 e. The van der Waals surface area contributed by atoms with Gasteiger partial charge in [-0.1, -0.05) is 6.07 Å². The van der Waals surface area contributed by atoms with Crippen molar-refractivity contribution in [3.63, 3.8) is 0 Å². The number of nitro benzene ring substituents is 1. The molecule has 0 amide bonds. The van der Waals surface area contributed by atoms with Crippen molar-refractivity contribution in [2.75, 3.05) is 0 Å². The Morgan fingerprint density at radius 1 is 1.50 bits per heavy atom. The predicted octanol–water partition coefficient (Wildman–Crippen LogP) is 1.83. The summed E-state index contributed by atoms with van der Waals surface area (Å²) in [5.41, 5.74) is 0.547. The van der Waals surface area contributed by atoms with Crippen molar-refractivity contribution in [1.29, 1.82) is 0 Å². The molecule has 1 aromatic heterocycles. The van der Waals surface area contributed by atoms with E-state index < -0.39 is 10.9 Å². The van der Waals surface area contributed by atoms with Crippen molar-refractivity contribution in [2.24, 2.45) is 0 Å². The molecule has 0 aliphatic carbocycles. The molecular formula is C12H11N3O5. The standard InChI is InChI=1S/C12H11N3O5/c1-8-2-3-10(15(18)19)11(6-8)20-7-14-5-4-9(13-14)12(16)17/h2-6H,7H2,1H3,(H,16,17). The Hall–Kier alpha value is -2.90. The minimum absolute atomic E-state index is 0.113. The molecule has 0 saturated carbocycles. The first-order chi connectivity index (χ1) is 9.47. The second-order valence-electron chi connectivity index (χ2n) is 4.05. The molecule has 0 radical (unpaired) electrons. The molecule has 0 aliphatic heterocycles. The number of nitrogens with zero attached hydrogens (tertiary/aromatic N) is 3. The molecule has 0 unspecified atom stereocenters. The largest absolute Gasteiger partial charge is 0.476 e. The van der Waals surface area contributed by atoms with Crippen molar-refractivity contribution in [3.8, 4) is 5.75 Å². The van der Waals surface area contributed by atoms with Gasteiger partial charge in [0.25, 0.3) is 0 Å². The van der Waals surface area contributed by atoms with Crippen LogP contribution in [-0.4, -0.2) is 25.8 Å². The monoisotopic (exact) mass is 277 g/mol. The van der Waals surface area contributed by atoms with Crippen LogP contribution in [0.25, 0.3) is 0 Å². The van der Waals surface area contributed by atoms with Crippen LogP contribution in [0.4, 0.5) is 5.69 Å². The Balaban J connectivity index is 2.15. The van der Waals surface area contributed by atoms with E-state index in [9.17, 15) is 14.9 Å². The molecule has 1 N–H and O–H groups in total. The zero-order chi connectivity index (χ0) is 14.7. The fraction of sp³-hybridized carbons (Fsp3) is 0.167. The van der Waals surface area contributed by atoms with Gasteiger partial charge >= 0.3 is 11.7 Å². The van der Waals surface area contributed by atoms with Crippen LogP contribution in [0.3, 0.4) is 0 Å². The average molecular weight is 277 g/mol. The van der Waals surface area contributed by atoms with E-state index >= 15 is 0 Å². The van der Waals surface area contributed by atoms with Crippen molar-refractivity contribution in [3.05, 3.63) is 51.8 Å². The van der Waals surface area contributed by atoms with Crippen LogP contribution in [0.1, 0.15) is 16.1 Å². The van der Waals surface area contributed by atoms with Crippen LogP contribution < -0.4 is 4.74 Å². The second-order valence-corrected chi connectivity index (χ2v) is 4.05. The van der Waals surface area contributed by atoms with Gasteiger partial charge in [0.15, 0.2) is 18.2 Å². The topological polar surface area (TPSA) is 107 Å². The van der Waals surface area contributed by atoms with Gasteiger partial charge in [-0.25, -0.2) is 9.48 Å². The summed E-state index contributed by atoms with van der Waals surface area (Å²) in [7, 11) is 0. The summed E-state index contributed by atoms with van der Waals surface area (Å²) in [5, 5.41) is 23.3.